The Kier molecular flexibility index (Phi) is 10.4. The van der Waals surface area contributed by atoms with Crippen molar-refractivity contribution in [2.75, 3.05) is 26.2 Å². The standard InChI is InChI=1S/C25H36N2.C2H6.C2H2/c1-4-27-24-15-17-26(16-6-5-9-21-13-11-19(2)12-14-21)18-23(24)22-10-7-8-20(3)25(22)27;2*1-2/h10-14,23-24H,4-9,15-18H2,1-3H3;1-2H3;1-2H. The highest BCUT2D eigenvalue weighted by molar-refractivity contribution is 5.44. The molecule has 2 heterocycles. The molecule has 0 radical (unpaired) electrons. The maximum absolute atomic E-state index is 4.00. The van der Waals surface area contributed by atoms with Crippen LogP contribution in [0, 0.1) is 25.7 Å². The Bertz CT molecular complexity index is 753. The molecule has 0 saturated carbocycles. The van der Waals surface area contributed by atoms with E-state index >= 15 is 0 Å². The molecule has 3 aliphatic rings. The molecule has 2 heteroatoms. The van der Waals surface area contributed by atoms with Gasteiger partial charge in [-0.3, -0.25) is 0 Å². The number of fused-ring (bicyclic) bond motifs is 3. The van der Waals surface area contributed by atoms with Crippen LogP contribution in [0.3, 0.4) is 0 Å². The molecule has 170 valence electrons. The van der Waals surface area contributed by atoms with Crippen molar-refractivity contribution in [1.82, 2.24) is 9.80 Å². The first kappa shape index (κ1) is 25.3. The Morgan fingerprint density at radius 1 is 1.03 bits per heavy atom. The second-order valence-corrected chi connectivity index (χ2v) is 8.82. The average molecular weight is 421 g/mol. The lowest BCUT2D eigenvalue weighted by Crippen LogP contribution is -2.46. The monoisotopic (exact) mass is 420 g/mol. The first-order valence-electron chi connectivity index (χ1n) is 12.5. The summed E-state index contributed by atoms with van der Waals surface area (Å²) in [7, 11) is 0. The summed E-state index contributed by atoms with van der Waals surface area (Å²) < 4.78 is 0. The largest absolute Gasteiger partial charge is 0.368 e. The maximum Gasteiger partial charge on any atom is 0.0391 e. The van der Waals surface area contributed by atoms with Crippen molar-refractivity contribution in [3.8, 4) is 12.8 Å². The summed E-state index contributed by atoms with van der Waals surface area (Å²) in [6, 6.07) is 9.83. The zero-order valence-corrected chi connectivity index (χ0v) is 20.7. The van der Waals surface area contributed by atoms with Gasteiger partial charge in [-0.1, -0.05) is 49.8 Å². The average Bonchev–Trinajstić information content (AvgIpc) is 3.15. The van der Waals surface area contributed by atoms with Crippen LogP contribution in [0.4, 0.5) is 0 Å². The fourth-order valence-corrected chi connectivity index (χ4v) is 5.51. The zero-order valence-electron chi connectivity index (χ0n) is 20.7. The summed E-state index contributed by atoms with van der Waals surface area (Å²) in [6.07, 6.45) is 18.3. The van der Waals surface area contributed by atoms with Crippen LogP contribution in [0.2, 0.25) is 0 Å². The smallest absolute Gasteiger partial charge is 0.0391 e. The molecule has 1 aliphatic carbocycles. The van der Waals surface area contributed by atoms with Crippen molar-refractivity contribution in [2.45, 2.75) is 79.2 Å². The number of piperidine rings is 1. The van der Waals surface area contributed by atoms with Gasteiger partial charge in [-0.2, -0.15) is 0 Å². The Morgan fingerprint density at radius 3 is 2.42 bits per heavy atom. The van der Waals surface area contributed by atoms with Gasteiger partial charge < -0.3 is 9.80 Å². The Hall–Kier alpha value is -1.98. The third-order valence-electron chi connectivity index (χ3n) is 6.96. The van der Waals surface area contributed by atoms with Crippen LogP contribution in [-0.2, 0) is 6.42 Å². The van der Waals surface area contributed by atoms with Gasteiger partial charge in [0, 0.05) is 37.3 Å². The second-order valence-electron chi connectivity index (χ2n) is 8.82. The summed E-state index contributed by atoms with van der Waals surface area (Å²) in [5.74, 6) is 0.751. The molecular formula is C29H44N2. The minimum absolute atomic E-state index is 0.751. The van der Waals surface area contributed by atoms with Crippen LogP contribution < -0.4 is 0 Å². The van der Waals surface area contributed by atoms with Gasteiger partial charge in [-0.05, 0) is 82.6 Å². The van der Waals surface area contributed by atoms with E-state index in [9.17, 15) is 0 Å². The summed E-state index contributed by atoms with van der Waals surface area (Å²) in [4.78, 5) is 5.48. The van der Waals surface area contributed by atoms with Crippen LogP contribution >= 0.6 is 0 Å². The molecule has 2 atom stereocenters. The predicted octanol–water partition coefficient (Wildman–Crippen LogP) is 6.61. The molecule has 0 amide bonds. The highest BCUT2D eigenvalue weighted by atomic mass is 15.2. The van der Waals surface area contributed by atoms with Gasteiger partial charge >= 0.3 is 0 Å². The summed E-state index contributed by atoms with van der Waals surface area (Å²) in [5, 5.41) is 0. The molecule has 1 aromatic rings. The first-order valence-corrected chi connectivity index (χ1v) is 12.5. The molecule has 2 aliphatic heterocycles. The minimum atomic E-state index is 0.751. The fourth-order valence-electron chi connectivity index (χ4n) is 5.51. The predicted molar refractivity (Wildman–Crippen MR) is 136 cm³/mol. The van der Waals surface area contributed by atoms with Gasteiger partial charge in [0.15, 0.2) is 0 Å². The maximum atomic E-state index is 4.00. The van der Waals surface area contributed by atoms with Crippen molar-refractivity contribution in [2.24, 2.45) is 5.92 Å². The SMILES string of the molecule is C#C.CC.CCN1C2=C(C)CCC=C2C2CN(CCCCc3ccc(C)cc3)CCC21. The van der Waals surface area contributed by atoms with Crippen LogP contribution in [0.15, 0.2) is 47.2 Å². The topological polar surface area (TPSA) is 6.48 Å². The van der Waals surface area contributed by atoms with E-state index in [2.05, 4.69) is 73.8 Å². The van der Waals surface area contributed by atoms with Crippen LogP contribution in [0.1, 0.15) is 70.9 Å². The van der Waals surface area contributed by atoms with Gasteiger partial charge in [-0.15, -0.1) is 12.8 Å². The second kappa shape index (κ2) is 12.8. The number of nitrogens with zero attached hydrogens (tertiary/aromatic N) is 2. The molecule has 2 nitrogen and oxygen atoms in total. The fraction of sp³-hybridized carbons (Fsp3) is 0.586. The Labute approximate surface area is 192 Å². The van der Waals surface area contributed by atoms with Crippen molar-refractivity contribution < 1.29 is 0 Å². The van der Waals surface area contributed by atoms with E-state index in [0.29, 0.717) is 0 Å². The van der Waals surface area contributed by atoms with Crippen LogP contribution in [-0.4, -0.2) is 42.0 Å². The number of terminal acetylenes is 1. The van der Waals surface area contributed by atoms with E-state index < -0.39 is 0 Å². The van der Waals surface area contributed by atoms with Gasteiger partial charge in [0.25, 0.3) is 0 Å². The Morgan fingerprint density at radius 2 is 1.74 bits per heavy atom. The van der Waals surface area contributed by atoms with E-state index in [4.69, 9.17) is 0 Å². The number of allylic oxidation sites excluding steroid dienone is 3. The van der Waals surface area contributed by atoms with Crippen LogP contribution in [0.5, 0.6) is 0 Å². The third kappa shape index (κ3) is 6.05. The van der Waals surface area contributed by atoms with Gasteiger partial charge in [0.1, 0.15) is 0 Å². The van der Waals surface area contributed by atoms with Crippen LogP contribution in [0.25, 0.3) is 0 Å². The number of likely N-dealkylation sites (tertiary alicyclic amines) is 2. The third-order valence-corrected chi connectivity index (χ3v) is 6.96. The van der Waals surface area contributed by atoms with E-state index in [1.165, 1.54) is 75.8 Å². The normalized spacial score (nSPS) is 22.4. The quantitative estimate of drug-likeness (QED) is 0.377. The molecule has 2 saturated heterocycles. The number of aryl methyl sites for hydroxylation is 2. The molecule has 1 aromatic carbocycles. The van der Waals surface area contributed by atoms with Gasteiger partial charge in [-0.25, -0.2) is 0 Å². The number of unbranched alkanes of at least 4 members (excludes halogenated alkanes) is 1. The number of rotatable bonds is 6. The lowest BCUT2D eigenvalue weighted by molar-refractivity contribution is 0.125. The van der Waals surface area contributed by atoms with Gasteiger partial charge in [0.05, 0.1) is 0 Å². The molecule has 0 N–H and O–H groups in total. The Balaban J connectivity index is 0.000000807. The highest BCUT2D eigenvalue weighted by Gasteiger charge is 2.44. The number of hydrogen-bond donors (Lipinski definition) is 0. The summed E-state index contributed by atoms with van der Waals surface area (Å²) in [6.45, 7) is 15.9. The van der Waals surface area contributed by atoms with Crippen molar-refractivity contribution in [1.29, 1.82) is 0 Å². The molecule has 0 aromatic heterocycles. The lowest BCUT2D eigenvalue weighted by Gasteiger charge is -2.38. The summed E-state index contributed by atoms with van der Waals surface area (Å²) >= 11 is 0. The van der Waals surface area contributed by atoms with Crippen molar-refractivity contribution >= 4 is 0 Å². The molecular weight excluding hydrogens is 376 g/mol. The lowest BCUT2D eigenvalue weighted by atomic mass is 9.85. The molecule has 4 rings (SSSR count). The molecule has 31 heavy (non-hydrogen) atoms. The van der Waals surface area contributed by atoms with E-state index in [-0.39, 0.29) is 0 Å². The molecule has 0 spiro atoms. The van der Waals surface area contributed by atoms with E-state index in [1.54, 1.807) is 16.8 Å². The van der Waals surface area contributed by atoms with Crippen molar-refractivity contribution in [3.05, 3.63) is 58.3 Å². The van der Waals surface area contributed by atoms with Gasteiger partial charge in [0.2, 0.25) is 0 Å². The number of benzene rings is 1. The zero-order chi connectivity index (χ0) is 22.8. The molecule has 2 fully saturated rings. The first-order chi connectivity index (χ1) is 15.2. The number of likely N-dealkylation sites (N-methyl/N-ethyl adjacent to an activating group) is 1. The minimum Gasteiger partial charge on any atom is -0.368 e. The highest BCUT2D eigenvalue weighted by Crippen LogP contribution is 2.45. The molecule has 0 bridgehead atoms. The molecule has 2 unspecified atom stereocenters. The van der Waals surface area contributed by atoms with Crippen molar-refractivity contribution in [3.63, 3.8) is 0 Å². The van der Waals surface area contributed by atoms with E-state index in [0.717, 1.165) is 12.0 Å². The van der Waals surface area contributed by atoms with E-state index in [1.807, 2.05) is 13.8 Å². The summed E-state index contributed by atoms with van der Waals surface area (Å²) in [5.41, 5.74) is 7.80. The number of hydrogen-bond acceptors (Lipinski definition) is 2.